The molecule has 1 atom stereocenters. The van der Waals surface area contributed by atoms with Gasteiger partial charge in [-0.1, -0.05) is 78.4 Å². The summed E-state index contributed by atoms with van der Waals surface area (Å²) in [6.45, 7) is 2.04. The van der Waals surface area contributed by atoms with Gasteiger partial charge in [0, 0.05) is 4.90 Å². The average Bonchev–Trinajstić information content (AvgIpc) is 2.57. The maximum Gasteiger partial charge on any atom is 0.0893 e. The summed E-state index contributed by atoms with van der Waals surface area (Å²) in [5.74, 6) is 0. The summed E-state index contributed by atoms with van der Waals surface area (Å²) < 4.78 is 13.2. The lowest BCUT2D eigenvalue weighted by Gasteiger charge is -2.18. The zero-order valence-corrected chi connectivity index (χ0v) is 13.3. The lowest BCUT2D eigenvalue weighted by Crippen LogP contribution is -2.09. The van der Waals surface area contributed by atoms with Crippen molar-refractivity contribution in [2.45, 2.75) is 17.1 Å². The minimum Gasteiger partial charge on any atom is -0.253 e. The Balaban J connectivity index is 2.06. The van der Waals surface area contributed by atoms with Gasteiger partial charge in [-0.25, -0.2) is 0 Å². The van der Waals surface area contributed by atoms with Crippen LogP contribution >= 0.6 is 0 Å². The van der Waals surface area contributed by atoms with E-state index in [4.69, 9.17) is 0 Å². The summed E-state index contributed by atoms with van der Waals surface area (Å²) in [5.41, 5.74) is 3.33. The SMILES string of the molecule is Cc1ccc([S@](=O)C(c2ccccc2)c2ccccc2)cc1. The molecule has 0 saturated carbocycles. The van der Waals surface area contributed by atoms with Gasteiger partial charge in [-0.2, -0.15) is 0 Å². The van der Waals surface area contributed by atoms with Gasteiger partial charge >= 0.3 is 0 Å². The van der Waals surface area contributed by atoms with Gasteiger partial charge in [0.1, 0.15) is 0 Å². The van der Waals surface area contributed by atoms with E-state index in [2.05, 4.69) is 0 Å². The molecule has 2 heteroatoms. The molecule has 0 radical (unpaired) electrons. The Hall–Kier alpha value is -2.19. The first-order valence-corrected chi connectivity index (χ1v) is 8.54. The lowest BCUT2D eigenvalue weighted by atomic mass is 10.0. The molecule has 1 nitrogen and oxygen atoms in total. The van der Waals surface area contributed by atoms with Crippen LogP contribution in [0, 0.1) is 6.92 Å². The van der Waals surface area contributed by atoms with E-state index in [1.165, 1.54) is 5.56 Å². The summed E-state index contributed by atoms with van der Waals surface area (Å²) in [7, 11) is -1.13. The largest absolute Gasteiger partial charge is 0.253 e. The number of hydrogen-bond acceptors (Lipinski definition) is 1. The molecular weight excluding hydrogens is 288 g/mol. The maximum atomic E-state index is 13.2. The Morgan fingerprint density at radius 2 is 1.14 bits per heavy atom. The fourth-order valence-electron chi connectivity index (χ4n) is 2.50. The van der Waals surface area contributed by atoms with Crippen molar-refractivity contribution >= 4 is 10.8 Å². The van der Waals surface area contributed by atoms with E-state index in [-0.39, 0.29) is 5.25 Å². The maximum absolute atomic E-state index is 13.2. The molecule has 0 amide bonds. The van der Waals surface area contributed by atoms with Gasteiger partial charge in [0.05, 0.1) is 16.0 Å². The normalized spacial score (nSPS) is 12.3. The zero-order chi connectivity index (χ0) is 15.4. The predicted molar refractivity (Wildman–Crippen MR) is 92.3 cm³/mol. The fraction of sp³-hybridized carbons (Fsp3) is 0.100. The molecule has 0 fully saturated rings. The third kappa shape index (κ3) is 3.18. The first-order chi connectivity index (χ1) is 10.8. The molecule has 0 saturated heterocycles. The highest BCUT2D eigenvalue weighted by Gasteiger charge is 2.22. The Bertz CT molecular complexity index is 709. The van der Waals surface area contributed by atoms with Crippen molar-refractivity contribution in [1.82, 2.24) is 0 Å². The number of benzene rings is 3. The highest BCUT2D eigenvalue weighted by atomic mass is 32.2. The van der Waals surface area contributed by atoms with Crippen LogP contribution in [0.15, 0.2) is 89.8 Å². The smallest absolute Gasteiger partial charge is 0.0893 e. The molecule has 0 bridgehead atoms. The van der Waals surface area contributed by atoms with E-state index in [1.807, 2.05) is 91.9 Å². The van der Waals surface area contributed by atoms with Crippen molar-refractivity contribution in [1.29, 1.82) is 0 Å². The molecule has 0 spiro atoms. The molecule has 0 N–H and O–H groups in total. The highest BCUT2D eigenvalue weighted by molar-refractivity contribution is 7.85. The van der Waals surface area contributed by atoms with Crippen LogP contribution in [0.25, 0.3) is 0 Å². The first-order valence-electron chi connectivity index (χ1n) is 7.33. The van der Waals surface area contributed by atoms with Crippen LogP contribution in [-0.4, -0.2) is 4.21 Å². The van der Waals surface area contributed by atoms with Crippen LogP contribution in [-0.2, 0) is 10.8 Å². The molecule has 110 valence electrons. The molecule has 3 aromatic rings. The standard InChI is InChI=1S/C20H18OS/c1-16-12-14-19(15-13-16)22(21)20(17-8-4-2-5-9-17)18-10-6-3-7-11-18/h2-15,20H,1H3/t22-/m0/s1. The Kier molecular flexibility index (Phi) is 4.50. The summed E-state index contributed by atoms with van der Waals surface area (Å²) >= 11 is 0. The van der Waals surface area contributed by atoms with Gasteiger partial charge < -0.3 is 0 Å². The third-order valence-electron chi connectivity index (χ3n) is 3.67. The summed E-state index contributed by atoms with van der Waals surface area (Å²) in [5, 5.41) is -0.148. The Morgan fingerprint density at radius 3 is 1.59 bits per heavy atom. The molecule has 0 unspecified atom stereocenters. The van der Waals surface area contributed by atoms with Gasteiger partial charge in [-0.3, -0.25) is 4.21 Å². The van der Waals surface area contributed by atoms with Gasteiger partial charge in [0.2, 0.25) is 0 Å². The second-order valence-corrected chi connectivity index (χ2v) is 6.85. The average molecular weight is 306 g/mol. The molecular formula is C20H18OS. The summed E-state index contributed by atoms with van der Waals surface area (Å²) in [6.07, 6.45) is 0. The van der Waals surface area contributed by atoms with E-state index in [1.54, 1.807) is 0 Å². The lowest BCUT2D eigenvalue weighted by molar-refractivity contribution is 0.678. The van der Waals surface area contributed by atoms with Crippen LogP contribution < -0.4 is 0 Å². The van der Waals surface area contributed by atoms with E-state index >= 15 is 0 Å². The second-order valence-electron chi connectivity index (χ2n) is 5.31. The monoisotopic (exact) mass is 306 g/mol. The minimum atomic E-state index is -1.13. The van der Waals surface area contributed by atoms with Crippen LogP contribution in [0.1, 0.15) is 21.9 Å². The van der Waals surface area contributed by atoms with Crippen molar-refractivity contribution in [2.24, 2.45) is 0 Å². The molecule has 3 aromatic carbocycles. The van der Waals surface area contributed by atoms with Gasteiger partial charge in [-0.05, 0) is 30.2 Å². The van der Waals surface area contributed by atoms with Gasteiger partial charge in [0.15, 0.2) is 0 Å². The highest BCUT2D eigenvalue weighted by Crippen LogP contribution is 2.31. The van der Waals surface area contributed by atoms with Gasteiger partial charge in [-0.15, -0.1) is 0 Å². The Labute approximate surface area is 134 Å². The molecule has 0 aliphatic heterocycles. The van der Waals surface area contributed by atoms with Crippen LogP contribution in [0.2, 0.25) is 0 Å². The number of hydrogen-bond donors (Lipinski definition) is 0. The minimum absolute atomic E-state index is 0.148. The summed E-state index contributed by atoms with van der Waals surface area (Å²) in [4.78, 5) is 0.864. The molecule has 22 heavy (non-hydrogen) atoms. The van der Waals surface area contributed by atoms with Crippen molar-refractivity contribution in [3.8, 4) is 0 Å². The quantitative estimate of drug-likeness (QED) is 0.670. The van der Waals surface area contributed by atoms with E-state index in [9.17, 15) is 4.21 Å². The topological polar surface area (TPSA) is 17.1 Å². The van der Waals surface area contributed by atoms with E-state index in [0.29, 0.717) is 0 Å². The summed E-state index contributed by atoms with van der Waals surface area (Å²) in [6, 6.07) is 28.1. The van der Waals surface area contributed by atoms with Crippen molar-refractivity contribution in [3.63, 3.8) is 0 Å². The molecule has 0 aromatic heterocycles. The predicted octanol–water partition coefficient (Wildman–Crippen LogP) is 4.89. The van der Waals surface area contributed by atoms with E-state index < -0.39 is 10.8 Å². The fourth-order valence-corrected chi connectivity index (χ4v) is 3.99. The third-order valence-corrected chi connectivity index (χ3v) is 5.38. The number of aryl methyl sites for hydroxylation is 1. The Morgan fingerprint density at radius 1 is 0.682 bits per heavy atom. The number of rotatable bonds is 4. The molecule has 3 rings (SSSR count). The zero-order valence-electron chi connectivity index (χ0n) is 12.5. The van der Waals surface area contributed by atoms with E-state index in [0.717, 1.165) is 16.0 Å². The van der Waals surface area contributed by atoms with Crippen molar-refractivity contribution in [2.75, 3.05) is 0 Å². The molecule has 0 aliphatic rings. The van der Waals surface area contributed by atoms with Crippen LogP contribution in [0.4, 0.5) is 0 Å². The molecule has 0 aliphatic carbocycles. The second kappa shape index (κ2) is 6.71. The molecule has 0 heterocycles. The van der Waals surface area contributed by atoms with Crippen molar-refractivity contribution in [3.05, 3.63) is 102 Å². The van der Waals surface area contributed by atoms with Crippen molar-refractivity contribution < 1.29 is 4.21 Å². The van der Waals surface area contributed by atoms with Gasteiger partial charge in [0.25, 0.3) is 0 Å². The first kappa shape index (κ1) is 14.7. The van der Waals surface area contributed by atoms with Crippen LogP contribution in [0.5, 0.6) is 0 Å². The van der Waals surface area contributed by atoms with Crippen LogP contribution in [0.3, 0.4) is 0 Å².